The van der Waals surface area contributed by atoms with Crippen molar-refractivity contribution in [1.82, 2.24) is 25.2 Å². The third-order valence-electron chi connectivity index (χ3n) is 4.92. The van der Waals surface area contributed by atoms with Crippen LogP contribution >= 0.6 is 23.2 Å². The molecule has 0 aliphatic carbocycles. The number of nitrogens with two attached hydrogens (primary N) is 1. The molecule has 0 atom stereocenters. The molecular formula is C19H21Cl2N7O2. The third kappa shape index (κ3) is 4.08. The van der Waals surface area contributed by atoms with Gasteiger partial charge in [0.05, 0.1) is 41.6 Å². The highest BCUT2D eigenvalue weighted by molar-refractivity contribution is 6.37. The molecule has 0 unspecified atom stereocenters. The van der Waals surface area contributed by atoms with Crippen molar-refractivity contribution >= 4 is 41.4 Å². The number of amides is 2. The quantitative estimate of drug-likeness (QED) is 0.725. The summed E-state index contributed by atoms with van der Waals surface area (Å²) in [5, 5.41) is 9.66. The van der Waals surface area contributed by atoms with Gasteiger partial charge in [-0.05, 0) is 12.1 Å². The fraction of sp³-hybridized carbons (Fsp3) is 0.368. The van der Waals surface area contributed by atoms with Gasteiger partial charge in [-0.1, -0.05) is 23.2 Å². The molecule has 11 heteroatoms. The van der Waals surface area contributed by atoms with E-state index < -0.39 is 0 Å². The first-order chi connectivity index (χ1) is 14.5. The molecule has 0 fully saturated rings. The molecule has 2 amide bonds. The summed E-state index contributed by atoms with van der Waals surface area (Å²) < 4.78 is 6.03. The van der Waals surface area contributed by atoms with Crippen LogP contribution in [0.1, 0.15) is 17.7 Å². The van der Waals surface area contributed by atoms with E-state index in [-0.39, 0.29) is 12.0 Å². The summed E-state index contributed by atoms with van der Waals surface area (Å²) in [7, 11) is 1.58. The monoisotopic (exact) mass is 449 g/mol. The lowest BCUT2D eigenvalue weighted by Crippen LogP contribution is -2.33. The first kappa shape index (κ1) is 20.5. The van der Waals surface area contributed by atoms with E-state index in [0.717, 1.165) is 18.5 Å². The predicted octanol–water partition coefficient (Wildman–Crippen LogP) is 2.76. The van der Waals surface area contributed by atoms with Gasteiger partial charge in [0.1, 0.15) is 12.4 Å². The number of hydrogen-bond acceptors (Lipinski definition) is 7. The fourth-order valence-corrected chi connectivity index (χ4v) is 4.11. The molecule has 0 radical (unpaired) electrons. The molecule has 0 saturated heterocycles. The van der Waals surface area contributed by atoms with Crippen molar-refractivity contribution in [1.29, 1.82) is 0 Å². The van der Waals surface area contributed by atoms with Gasteiger partial charge in [0.15, 0.2) is 0 Å². The van der Waals surface area contributed by atoms with Gasteiger partial charge in [-0.3, -0.25) is 5.01 Å². The zero-order chi connectivity index (χ0) is 21.3. The molecule has 30 heavy (non-hydrogen) atoms. The molecule has 2 aliphatic rings. The SMILES string of the molecule is CNC(=O)N1Cc2nc(N)nc(-c3c(Cl)cc(Cl)cc3OCCN3CCC=N3)c2C1. The molecule has 2 aromatic rings. The van der Waals surface area contributed by atoms with Crippen molar-refractivity contribution in [2.24, 2.45) is 5.10 Å². The highest BCUT2D eigenvalue weighted by Crippen LogP contribution is 2.42. The number of benzene rings is 1. The molecule has 3 N–H and O–H groups in total. The molecule has 1 aromatic heterocycles. The van der Waals surface area contributed by atoms with Crippen molar-refractivity contribution in [2.75, 3.05) is 32.5 Å². The Morgan fingerprint density at radius 2 is 2.13 bits per heavy atom. The molecule has 0 bridgehead atoms. The van der Waals surface area contributed by atoms with Gasteiger partial charge in [0.25, 0.3) is 0 Å². The topological polar surface area (TPSA) is 109 Å². The second-order valence-electron chi connectivity index (χ2n) is 6.92. The summed E-state index contributed by atoms with van der Waals surface area (Å²) in [5.41, 5.74) is 8.55. The molecule has 0 saturated carbocycles. The third-order valence-corrected chi connectivity index (χ3v) is 5.44. The van der Waals surface area contributed by atoms with Crippen LogP contribution in [-0.4, -0.2) is 58.9 Å². The van der Waals surface area contributed by atoms with Crippen LogP contribution in [0.15, 0.2) is 17.2 Å². The Bertz CT molecular complexity index is 1010. The maximum Gasteiger partial charge on any atom is 0.317 e. The highest BCUT2D eigenvalue weighted by atomic mass is 35.5. The minimum atomic E-state index is -0.206. The van der Waals surface area contributed by atoms with Gasteiger partial charge in [0, 0.05) is 36.8 Å². The van der Waals surface area contributed by atoms with E-state index >= 15 is 0 Å². The Morgan fingerprint density at radius 3 is 2.87 bits per heavy atom. The second-order valence-corrected chi connectivity index (χ2v) is 7.76. The fourth-order valence-electron chi connectivity index (χ4n) is 3.54. The molecular weight excluding hydrogens is 429 g/mol. The molecule has 4 rings (SSSR count). The van der Waals surface area contributed by atoms with E-state index in [9.17, 15) is 4.79 Å². The maximum atomic E-state index is 12.1. The summed E-state index contributed by atoms with van der Waals surface area (Å²) in [6, 6.07) is 3.13. The van der Waals surface area contributed by atoms with E-state index in [1.165, 1.54) is 0 Å². The van der Waals surface area contributed by atoms with Crippen molar-refractivity contribution in [2.45, 2.75) is 19.5 Å². The van der Waals surface area contributed by atoms with Crippen LogP contribution in [0.5, 0.6) is 5.75 Å². The zero-order valence-corrected chi connectivity index (χ0v) is 17.9. The molecule has 1 aromatic carbocycles. The highest BCUT2D eigenvalue weighted by Gasteiger charge is 2.30. The minimum Gasteiger partial charge on any atom is -0.491 e. The summed E-state index contributed by atoms with van der Waals surface area (Å²) in [6.07, 6.45) is 2.81. The summed E-state index contributed by atoms with van der Waals surface area (Å²) >= 11 is 12.8. The predicted molar refractivity (Wildman–Crippen MR) is 116 cm³/mol. The first-order valence-corrected chi connectivity index (χ1v) is 10.2. The number of carbonyl (C=O) groups excluding carboxylic acids is 1. The van der Waals surface area contributed by atoms with Crippen LogP contribution in [0.4, 0.5) is 10.7 Å². The number of urea groups is 1. The first-order valence-electron chi connectivity index (χ1n) is 9.47. The maximum absolute atomic E-state index is 12.1. The number of fused-ring (bicyclic) bond motifs is 1. The Hall–Kier alpha value is -2.78. The number of hydrazone groups is 1. The average molecular weight is 450 g/mol. The number of rotatable bonds is 5. The minimum absolute atomic E-state index is 0.103. The van der Waals surface area contributed by atoms with Crippen LogP contribution in [0, 0.1) is 0 Å². The largest absolute Gasteiger partial charge is 0.491 e. The van der Waals surface area contributed by atoms with E-state index in [1.807, 2.05) is 11.2 Å². The van der Waals surface area contributed by atoms with Gasteiger partial charge in [-0.25, -0.2) is 14.8 Å². The van der Waals surface area contributed by atoms with Gasteiger partial charge in [-0.2, -0.15) is 5.10 Å². The second kappa shape index (κ2) is 8.53. The molecule has 3 heterocycles. The molecule has 9 nitrogen and oxygen atoms in total. The van der Waals surface area contributed by atoms with E-state index in [1.54, 1.807) is 24.1 Å². The van der Waals surface area contributed by atoms with Gasteiger partial charge in [0.2, 0.25) is 5.95 Å². The van der Waals surface area contributed by atoms with Gasteiger partial charge >= 0.3 is 6.03 Å². The number of anilines is 1. The Kier molecular flexibility index (Phi) is 5.83. The van der Waals surface area contributed by atoms with E-state index in [0.29, 0.717) is 59.0 Å². The van der Waals surface area contributed by atoms with Crippen molar-refractivity contribution < 1.29 is 9.53 Å². The van der Waals surface area contributed by atoms with E-state index in [4.69, 9.17) is 33.7 Å². The van der Waals surface area contributed by atoms with Crippen LogP contribution in [0.3, 0.4) is 0 Å². The normalized spacial score (nSPS) is 14.9. The lowest BCUT2D eigenvalue weighted by atomic mass is 10.0. The van der Waals surface area contributed by atoms with Crippen molar-refractivity contribution in [3.63, 3.8) is 0 Å². The Balaban J connectivity index is 1.69. The number of ether oxygens (including phenoxy) is 1. The molecule has 158 valence electrons. The van der Waals surface area contributed by atoms with E-state index in [2.05, 4.69) is 20.4 Å². The van der Waals surface area contributed by atoms with Gasteiger partial charge < -0.3 is 20.7 Å². The zero-order valence-electron chi connectivity index (χ0n) is 16.4. The number of hydrogen-bond donors (Lipinski definition) is 2. The number of halogens is 2. The number of nitrogens with one attached hydrogen (secondary N) is 1. The number of nitrogens with zero attached hydrogens (tertiary/aromatic N) is 5. The van der Waals surface area contributed by atoms with Crippen molar-refractivity contribution in [3.8, 4) is 17.0 Å². The molecule has 0 spiro atoms. The summed E-state index contributed by atoms with van der Waals surface area (Å²) in [6.45, 7) is 2.58. The summed E-state index contributed by atoms with van der Waals surface area (Å²) in [5.74, 6) is 0.597. The lowest BCUT2D eigenvalue weighted by molar-refractivity contribution is 0.200. The Morgan fingerprint density at radius 1 is 1.30 bits per heavy atom. The summed E-state index contributed by atoms with van der Waals surface area (Å²) in [4.78, 5) is 22.5. The number of nitrogen functional groups attached to an aromatic ring is 1. The number of aromatic nitrogens is 2. The number of carbonyl (C=O) groups is 1. The lowest BCUT2D eigenvalue weighted by Gasteiger charge is -2.18. The smallest absolute Gasteiger partial charge is 0.317 e. The van der Waals surface area contributed by atoms with Gasteiger partial charge in [-0.15, -0.1) is 0 Å². The average Bonchev–Trinajstić information content (AvgIpc) is 3.36. The van der Waals surface area contributed by atoms with Crippen molar-refractivity contribution in [3.05, 3.63) is 33.4 Å². The van der Waals surface area contributed by atoms with Crippen LogP contribution in [-0.2, 0) is 13.1 Å². The molecule has 2 aliphatic heterocycles. The van der Waals surface area contributed by atoms with Crippen LogP contribution in [0.25, 0.3) is 11.3 Å². The Labute approximate surface area is 183 Å². The standard InChI is InChI=1S/C19H21Cl2N7O2/c1-23-19(29)27-9-12-14(10-27)25-18(22)26-17(12)16-13(21)7-11(20)8-15(16)30-6-5-28-4-2-3-24-28/h3,7-8H,2,4-6,9-10H2,1H3,(H,23,29)(H2,22,25,26). The van der Waals surface area contributed by atoms with Crippen LogP contribution in [0.2, 0.25) is 10.0 Å². The van der Waals surface area contributed by atoms with Crippen LogP contribution < -0.4 is 15.8 Å².